The number of rotatable bonds is 4. The van der Waals surface area contributed by atoms with Crippen molar-refractivity contribution < 1.29 is 9.53 Å². The second-order valence-corrected chi connectivity index (χ2v) is 7.03. The van der Waals surface area contributed by atoms with Crippen LogP contribution >= 0.6 is 11.3 Å². The number of hydrogen-bond acceptors (Lipinski definition) is 5. The average Bonchev–Trinajstić information content (AvgIpc) is 3.32. The second kappa shape index (κ2) is 7.31. The van der Waals surface area contributed by atoms with Crippen LogP contribution in [-0.4, -0.2) is 42.0 Å². The molecule has 1 fully saturated rings. The number of anilines is 2. The number of ether oxygens (including phenoxy) is 1. The highest BCUT2D eigenvalue weighted by atomic mass is 32.1. The van der Waals surface area contributed by atoms with Crippen molar-refractivity contribution in [1.29, 1.82) is 0 Å². The lowest BCUT2D eigenvalue weighted by Crippen LogP contribution is -2.36. The van der Waals surface area contributed by atoms with Crippen molar-refractivity contribution in [2.75, 3.05) is 36.5 Å². The van der Waals surface area contributed by atoms with Crippen molar-refractivity contribution in [3.63, 3.8) is 0 Å². The Morgan fingerprint density at radius 1 is 1.19 bits per heavy atom. The summed E-state index contributed by atoms with van der Waals surface area (Å²) in [4.78, 5) is 16.1. The summed E-state index contributed by atoms with van der Waals surface area (Å²) in [5, 5.41) is 9.41. The summed E-state index contributed by atoms with van der Waals surface area (Å²) in [6, 6.07) is 13.7. The number of benzene rings is 1. The normalized spacial score (nSPS) is 14.4. The van der Waals surface area contributed by atoms with Gasteiger partial charge in [-0.05, 0) is 29.6 Å². The van der Waals surface area contributed by atoms with E-state index in [1.807, 2.05) is 54.9 Å². The van der Waals surface area contributed by atoms with Crippen LogP contribution in [-0.2, 0) is 11.8 Å². The third kappa shape index (κ3) is 3.36. The van der Waals surface area contributed by atoms with E-state index in [-0.39, 0.29) is 5.91 Å². The second-order valence-electron chi connectivity index (χ2n) is 6.09. The molecule has 0 saturated carbocycles. The molecule has 3 heterocycles. The minimum Gasteiger partial charge on any atom is -0.378 e. The van der Waals surface area contributed by atoms with E-state index in [2.05, 4.69) is 15.3 Å². The molecule has 0 bridgehead atoms. The fourth-order valence-corrected chi connectivity index (χ4v) is 3.85. The number of thiophene rings is 1. The van der Waals surface area contributed by atoms with Crippen molar-refractivity contribution in [2.24, 2.45) is 7.05 Å². The lowest BCUT2D eigenvalue weighted by atomic mass is 10.2. The molecule has 3 aromatic rings. The number of nitrogens with one attached hydrogen (secondary N) is 1. The maximum absolute atomic E-state index is 12.8. The monoisotopic (exact) mass is 368 g/mol. The van der Waals surface area contributed by atoms with Gasteiger partial charge < -0.3 is 15.0 Å². The topological polar surface area (TPSA) is 59.4 Å². The molecule has 1 N–H and O–H groups in total. The van der Waals surface area contributed by atoms with E-state index >= 15 is 0 Å². The first-order valence-corrected chi connectivity index (χ1v) is 9.41. The highest BCUT2D eigenvalue weighted by molar-refractivity contribution is 7.13. The molecule has 0 unspecified atom stereocenters. The lowest BCUT2D eigenvalue weighted by molar-refractivity contribution is 0.102. The predicted molar refractivity (Wildman–Crippen MR) is 104 cm³/mol. The standard InChI is InChI=1S/C19H20N4O2S/c1-22-17(18-7-4-12-26-18)13-15(21-22)19(24)20-14-5-2-3-6-16(14)23-8-10-25-11-9-23/h2-7,12-13H,8-11H2,1H3,(H,20,24). The molecule has 2 aromatic heterocycles. The van der Waals surface area contributed by atoms with Crippen LogP contribution in [0.2, 0.25) is 0 Å². The first-order valence-electron chi connectivity index (χ1n) is 8.53. The van der Waals surface area contributed by atoms with Gasteiger partial charge in [0.25, 0.3) is 5.91 Å². The van der Waals surface area contributed by atoms with Crippen LogP contribution in [0.25, 0.3) is 10.6 Å². The molecule has 1 aliphatic rings. The highest BCUT2D eigenvalue weighted by Crippen LogP contribution is 2.28. The summed E-state index contributed by atoms with van der Waals surface area (Å²) in [5.74, 6) is -0.205. The van der Waals surface area contributed by atoms with E-state index in [1.54, 1.807) is 16.0 Å². The predicted octanol–water partition coefficient (Wildman–Crippen LogP) is 3.24. The van der Waals surface area contributed by atoms with Crippen LogP contribution in [0.15, 0.2) is 47.8 Å². The minimum atomic E-state index is -0.205. The number of para-hydroxylation sites is 2. The van der Waals surface area contributed by atoms with Crippen molar-refractivity contribution in [3.05, 3.63) is 53.5 Å². The van der Waals surface area contributed by atoms with Crippen molar-refractivity contribution in [1.82, 2.24) is 9.78 Å². The molecule has 0 atom stereocenters. The van der Waals surface area contributed by atoms with Crippen LogP contribution in [0, 0.1) is 0 Å². The molecule has 4 rings (SSSR count). The number of aromatic nitrogens is 2. The Morgan fingerprint density at radius 3 is 2.77 bits per heavy atom. The number of morpholine rings is 1. The first-order chi connectivity index (χ1) is 12.7. The number of amides is 1. The molecule has 7 heteroatoms. The quantitative estimate of drug-likeness (QED) is 0.768. The summed E-state index contributed by atoms with van der Waals surface area (Å²) in [7, 11) is 1.85. The number of nitrogens with zero attached hydrogens (tertiary/aromatic N) is 3. The van der Waals surface area contributed by atoms with Crippen molar-refractivity contribution in [3.8, 4) is 10.6 Å². The number of hydrogen-bond donors (Lipinski definition) is 1. The van der Waals surface area contributed by atoms with Gasteiger partial charge in [-0.1, -0.05) is 18.2 Å². The van der Waals surface area contributed by atoms with Crippen LogP contribution in [0.3, 0.4) is 0 Å². The van der Waals surface area contributed by atoms with Crippen LogP contribution in [0.1, 0.15) is 10.5 Å². The smallest absolute Gasteiger partial charge is 0.276 e. The van der Waals surface area contributed by atoms with Gasteiger partial charge in [0.2, 0.25) is 0 Å². The van der Waals surface area contributed by atoms with Crippen LogP contribution in [0.5, 0.6) is 0 Å². The molecule has 0 spiro atoms. The Balaban J connectivity index is 1.57. The van der Waals surface area contributed by atoms with Gasteiger partial charge in [-0.25, -0.2) is 0 Å². The van der Waals surface area contributed by atoms with Gasteiger partial charge in [-0.3, -0.25) is 9.48 Å². The molecule has 0 radical (unpaired) electrons. The van der Waals surface area contributed by atoms with E-state index in [1.165, 1.54) is 0 Å². The van der Waals surface area contributed by atoms with Gasteiger partial charge in [0.15, 0.2) is 5.69 Å². The minimum absolute atomic E-state index is 0.205. The van der Waals surface area contributed by atoms with Gasteiger partial charge in [-0.2, -0.15) is 5.10 Å². The van der Waals surface area contributed by atoms with Gasteiger partial charge in [0.1, 0.15) is 0 Å². The van der Waals surface area contributed by atoms with Crippen molar-refractivity contribution >= 4 is 28.6 Å². The molecular formula is C19H20N4O2S. The van der Waals surface area contributed by atoms with Crippen LogP contribution < -0.4 is 10.2 Å². The summed E-state index contributed by atoms with van der Waals surface area (Å²) in [6.07, 6.45) is 0. The number of carbonyl (C=O) groups is 1. The zero-order chi connectivity index (χ0) is 17.9. The molecule has 1 saturated heterocycles. The lowest BCUT2D eigenvalue weighted by Gasteiger charge is -2.30. The molecular weight excluding hydrogens is 348 g/mol. The fraction of sp³-hybridized carbons (Fsp3) is 0.263. The number of aryl methyl sites for hydroxylation is 1. The summed E-state index contributed by atoms with van der Waals surface area (Å²) in [5.41, 5.74) is 3.15. The Morgan fingerprint density at radius 2 is 2.00 bits per heavy atom. The Hall–Kier alpha value is -2.64. The molecule has 134 valence electrons. The third-order valence-electron chi connectivity index (χ3n) is 4.39. The van der Waals surface area contributed by atoms with Crippen LogP contribution in [0.4, 0.5) is 11.4 Å². The zero-order valence-electron chi connectivity index (χ0n) is 14.5. The van der Waals surface area contributed by atoms with Gasteiger partial charge in [-0.15, -0.1) is 11.3 Å². The van der Waals surface area contributed by atoms with E-state index in [0.717, 1.165) is 35.0 Å². The van der Waals surface area contributed by atoms with E-state index in [4.69, 9.17) is 4.74 Å². The SMILES string of the molecule is Cn1nc(C(=O)Nc2ccccc2N2CCOCC2)cc1-c1cccs1. The maximum atomic E-state index is 12.8. The third-order valence-corrected chi connectivity index (χ3v) is 5.28. The van der Waals surface area contributed by atoms with Gasteiger partial charge in [0.05, 0.1) is 35.2 Å². The Labute approximate surface area is 156 Å². The summed E-state index contributed by atoms with van der Waals surface area (Å²) in [6.45, 7) is 3.04. The van der Waals surface area contributed by atoms with E-state index in [9.17, 15) is 4.79 Å². The van der Waals surface area contributed by atoms with E-state index < -0.39 is 0 Å². The largest absolute Gasteiger partial charge is 0.378 e. The van der Waals surface area contributed by atoms with Gasteiger partial charge in [0, 0.05) is 20.1 Å². The summed E-state index contributed by atoms with van der Waals surface area (Å²) < 4.78 is 7.17. The van der Waals surface area contributed by atoms with E-state index in [0.29, 0.717) is 18.9 Å². The van der Waals surface area contributed by atoms with Gasteiger partial charge >= 0.3 is 0 Å². The molecule has 1 aromatic carbocycles. The first kappa shape index (κ1) is 16.8. The highest BCUT2D eigenvalue weighted by Gasteiger charge is 2.18. The zero-order valence-corrected chi connectivity index (χ0v) is 15.3. The van der Waals surface area contributed by atoms with Crippen molar-refractivity contribution in [2.45, 2.75) is 0 Å². The summed E-state index contributed by atoms with van der Waals surface area (Å²) >= 11 is 1.63. The molecule has 0 aliphatic carbocycles. The number of carbonyl (C=O) groups excluding carboxylic acids is 1. The maximum Gasteiger partial charge on any atom is 0.276 e. The Bertz CT molecular complexity index is 898. The molecule has 1 amide bonds. The molecule has 6 nitrogen and oxygen atoms in total. The average molecular weight is 368 g/mol. The fourth-order valence-electron chi connectivity index (χ4n) is 3.08. The molecule has 26 heavy (non-hydrogen) atoms. The molecule has 1 aliphatic heterocycles. The Kier molecular flexibility index (Phi) is 4.73.